The van der Waals surface area contributed by atoms with E-state index >= 15 is 0 Å². The minimum atomic E-state index is -0.716. The average Bonchev–Trinajstić information content (AvgIpc) is 2.24. The average molecular weight is 210 g/mol. The number of hydrogen-bond acceptors (Lipinski definition) is 5. The summed E-state index contributed by atoms with van der Waals surface area (Å²) < 4.78 is 4.78. The molecule has 1 atom stereocenters. The second-order valence-electron chi connectivity index (χ2n) is 2.90. The summed E-state index contributed by atoms with van der Waals surface area (Å²) in [5.74, 6) is -0.393. The zero-order valence-electron chi connectivity index (χ0n) is 8.64. The molecule has 2 N–H and O–H groups in total. The number of methoxy groups -OCH3 is 1. The standard InChI is InChI=1S/C9H14N4O2/c1-15-7-2-8(12)9(14)13(5-3-10)6-4-11/h8H,2,5-7,12H2,1H3. The maximum Gasteiger partial charge on any atom is 0.241 e. The highest BCUT2D eigenvalue weighted by Gasteiger charge is 2.19. The summed E-state index contributed by atoms with van der Waals surface area (Å²) in [4.78, 5) is 12.7. The lowest BCUT2D eigenvalue weighted by molar-refractivity contribution is -0.131. The third kappa shape index (κ3) is 4.96. The summed E-state index contributed by atoms with van der Waals surface area (Å²) in [6.07, 6.45) is 0.378. The number of amides is 1. The van der Waals surface area contributed by atoms with Crippen molar-refractivity contribution in [3.8, 4) is 12.1 Å². The van der Waals surface area contributed by atoms with Crippen LogP contribution >= 0.6 is 0 Å². The molecule has 1 amide bonds. The smallest absolute Gasteiger partial charge is 0.241 e. The number of hydrogen-bond donors (Lipinski definition) is 1. The molecule has 1 unspecified atom stereocenters. The first kappa shape index (κ1) is 13.4. The van der Waals surface area contributed by atoms with E-state index in [0.717, 1.165) is 4.90 Å². The number of rotatable bonds is 6. The van der Waals surface area contributed by atoms with Gasteiger partial charge in [-0.1, -0.05) is 0 Å². The van der Waals surface area contributed by atoms with Gasteiger partial charge in [-0.2, -0.15) is 10.5 Å². The van der Waals surface area contributed by atoms with E-state index in [1.165, 1.54) is 7.11 Å². The summed E-state index contributed by atoms with van der Waals surface area (Å²) in [7, 11) is 1.51. The summed E-state index contributed by atoms with van der Waals surface area (Å²) in [6.45, 7) is 0.139. The molecule has 0 bridgehead atoms. The van der Waals surface area contributed by atoms with Gasteiger partial charge in [0.25, 0.3) is 0 Å². The van der Waals surface area contributed by atoms with Crippen molar-refractivity contribution in [2.45, 2.75) is 12.5 Å². The predicted octanol–water partition coefficient (Wildman–Crippen LogP) is -0.774. The molecule has 82 valence electrons. The monoisotopic (exact) mass is 210 g/mol. The van der Waals surface area contributed by atoms with Crippen molar-refractivity contribution in [3.63, 3.8) is 0 Å². The van der Waals surface area contributed by atoms with Crippen LogP contribution in [0.5, 0.6) is 0 Å². The third-order valence-corrected chi connectivity index (χ3v) is 1.78. The molecule has 0 spiro atoms. The Morgan fingerprint density at radius 3 is 2.40 bits per heavy atom. The normalized spacial score (nSPS) is 11.2. The second kappa shape index (κ2) is 7.74. The van der Waals surface area contributed by atoms with Gasteiger partial charge in [0, 0.05) is 13.7 Å². The van der Waals surface area contributed by atoms with Crippen molar-refractivity contribution in [2.75, 3.05) is 26.8 Å². The quantitative estimate of drug-likeness (QED) is 0.579. The Bertz CT molecular complexity index is 263. The van der Waals surface area contributed by atoms with Crippen LogP contribution < -0.4 is 5.73 Å². The molecule has 0 fully saturated rings. The van der Waals surface area contributed by atoms with Crippen LogP contribution in [0.4, 0.5) is 0 Å². The van der Waals surface area contributed by atoms with Crippen molar-refractivity contribution in [1.29, 1.82) is 10.5 Å². The number of carbonyl (C=O) groups excluding carboxylic acids is 1. The van der Waals surface area contributed by atoms with Crippen LogP contribution in [-0.4, -0.2) is 43.7 Å². The summed E-state index contributed by atoms with van der Waals surface area (Å²) >= 11 is 0. The molecule has 0 aliphatic heterocycles. The lowest BCUT2D eigenvalue weighted by Gasteiger charge is -2.20. The van der Waals surface area contributed by atoms with E-state index in [0.29, 0.717) is 13.0 Å². The molecule has 0 heterocycles. The Balaban J connectivity index is 4.24. The van der Waals surface area contributed by atoms with Crippen LogP contribution in [0.15, 0.2) is 0 Å². The van der Waals surface area contributed by atoms with Crippen molar-refractivity contribution in [2.24, 2.45) is 5.73 Å². The first-order valence-corrected chi connectivity index (χ1v) is 4.44. The summed E-state index contributed by atoms with van der Waals surface area (Å²) in [6, 6.07) is 2.91. The molecule has 6 nitrogen and oxygen atoms in total. The molecule has 0 aromatic rings. The molecule has 6 heteroatoms. The van der Waals surface area contributed by atoms with Crippen molar-refractivity contribution >= 4 is 5.91 Å². The third-order valence-electron chi connectivity index (χ3n) is 1.78. The van der Waals surface area contributed by atoms with E-state index < -0.39 is 11.9 Å². The van der Waals surface area contributed by atoms with Crippen molar-refractivity contribution in [1.82, 2.24) is 4.90 Å². The zero-order chi connectivity index (χ0) is 11.7. The van der Waals surface area contributed by atoms with Gasteiger partial charge in [-0.15, -0.1) is 0 Å². The lowest BCUT2D eigenvalue weighted by atomic mass is 10.2. The Hall–Kier alpha value is -1.63. The van der Waals surface area contributed by atoms with Crippen molar-refractivity contribution in [3.05, 3.63) is 0 Å². The number of nitrogens with zero attached hydrogens (tertiary/aromatic N) is 3. The highest BCUT2D eigenvalue weighted by Crippen LogP contribution is 1.97. The molecule has 0 aliphatic carbocycles. The maximum absolute atomic E-state index is 11.6. The molecule has 0 rings (SSSR count). The van der Waals surface area contributed by atoms with Crippen LogP contribution in [0.1, 0.15) is 6.42 Å². The van der Waals surface area contributed by atoms with Gasteiger partial charge >= 0.3 is 0 Å². The molecule has 0 saturated heterocycles. The largest absolute Gasteiger partial charge is 0.385 e. The molecular formula is C9H14N4O2. The minimum absolute atomic E-state index is 0.118. The fourth-order valence-corrected chi connectivity index (χ4v) is 0.985. The Morgan fingerprint density at radius 1 is 1.47 bits per heavy atom. The highest BCUT2D eigenvalue weighted by molar-refractivity contribution is 5.82. The van der Waals surface area contributed by atoms with Gasteiger partial charge in [-0.05, 0) is 6.42 Å². The summed E-state index contributed by atoms with van der Waals surface area (Å²) in [5, 5.41) is 16.9. The van der Waals surface area contributed by atoms with Crippen LogP contribution in [0.3, 0.4) is 0 Å². The molecule has 0 aliphatic rings. The van der Waals surface area contributed by atoms with E-state index in [-0.39, 0.29) is 13.1 Å². The van der Waals surface area contributed by atoms with E-state index in [4.69, 9.17) is 21.0 Å². The Morgan fingerprint density at radius 2 is 2.00 bits per heavy atom. The molecule has 0 aromatic carbocycles. The van der Waals surface area contributed by atoms with Gasteiger partial charge in [0.1, 0.15) is 13.1 Å². The second-order valence-corrected chi connectivity index (χ2v) is 2.90. The lowest BCUT2D eigenvalue weighted by Crippen LogP contribution is -2.44. The van der Waals surface area contributed by atoms with E-state index in [1.54, 1.807) is 0 Å². The maximum atomic E-state index is 11.6. The van der Waals surface area contributed by atoms with Gasteiger partial charge in [0.05, 0.1) is 18.2 Å². The van der Waals surface area contributed by atoms with Gasteiger partial charge in [-0.3, -0.25) is 4.79 Å². The number of nitriles is 2. The van der Waals surface area contributed by atoms with E-state index in [9.17, 15) is 4.79 Å². The van der Waals surface area contributed by atoms with Crippen LogP contribution in [0.25, 0.3) is 0 Å². The fourth-order valence-electron chi connectivity index (χ4n) is 0.985. The van der Waals surface area contributed by atoms with Gasteiger partial charge < -0.3 is 15.4 Å². The Labute approximate surface area is 88.8 Å². The molecular weight excluding hydrogens is 196 g/mol. The fraction of sp³-hybridized carbons (Fsp3) is 0.667. The number of carbonyl (C=O) groups is 1. The number of nitrogens with two attached hydrogens (primary N) is 1. The minimum Gasteiger partial charge on any atom is -0.385 e. The van der Waals surface area contributed by atoms with Crippen LogP contribution in [-0.2, 0) is 9.53 Å². The number of ether oxygens (including phenoxy) is 1. The molecule has 0 saturated carbocycles. The SMILES string of the molecule is COCCC(N)C(=O)N(CC#N)CC#N. The van der Waals surface area contributed by atoms with Gasteiger partial charge in [0.2, 0.25) is 5.91 Å². The molecule has 0 aromatic heterocycles. The highest BCUT2D eigenvalue weighted by atomic mass is 16.5. The summed E-state index contributed by atoms with van der Waals surface area (Å²) in [5.41, 5.74) is 5.57. The van der Waals surface area contributed by atoms with Crippen molar-refractivity contribution < 1.29 is 9.53 Å². The molecule has 15 heavy (non-hydrogen) atoms. The topological polar surface area (TPSA) is 103 Å². The van der Waals surface area contributed by atoms with Crippen LogP contribution in [0, 0.1) is 22.7 Å². The Kier molecular flexibility index (Phi) is 6.90. The predicted molar refractivity (Wildman–Crippen MR) is 52.3 cm³/mol. The zero-order valence-corrected chi connectivity index (χ0v) is 8.64. The first-order valence-electron chi connectivity index (χ1n) is 4.44. The van der Waals surface area contributed by atoms with E-state index in [2.05, 4.69) is 0 Å². The van der Waals surface area contributed by atoms with Crippen LogP contribution in [0.2, 0.25) is 0 Å². The van der Waals surface area contributed by atoms with Gasteiger partial charge in [0.15, 0.2) is 0 Å². The first-order chi connectivity index (χ1) is 7.17. The van der Waals surface area contributed by atoms with Gasteiger partial charge in [-0.25, -0.2) is 0 Å². The van der Waals surface area contributed by atoms with E-state index in [1.807, 2.05) is 12.1 Å². The molecule has 0 radical (unpaired) electrons.